The van der Waals surface area contributed by atoms with Crippen LogP contribution in [0.15, 0.2) is 28.8 Å². The summed E-state index contributed by atoms with van der Waals surface area (Å²) in [5, 5.41) is 8.78. The second-order valence-electron chi connectivity index (χ2n) is 4.53. The molecule has 92 valence electrons. The fraction of sp³-hybridized carbons (Fsp3) is 0.286. The standard InChI is InChI=1S/C14H13NO3/c16-14(17)13-15-8-12(18-13)11-6-5-9-3-1-2-4-10(9)7-11/h5-8H,1-4H2,(H,16,17). The molecule has 4 heteroatoms. The van der Waals surface area contributed by atoms with Crippen LogP contribution in [0.3, 0.4) is 0 Å². The molecule has 0 aliphatic heterocycles. The van der Waals surface area contributed by atoms with Crippen molar-refractivity contribution in [2.45, 2.75) is 25.7 Å². The summed E-state index contributed by atoms with van der Waals surface area (Å²) in [6, 6.07) is 6.16. The highest BCUT2D eigenvalue weighted by Gasteiger charge is 2.14. The Bertz CT molecular complexity index is 601. The molecule has 0 saturated carbocycles. The molecule has 1 heterocycles. The number of carboxylic acids is 1. The molecule has 2 aromatic rings. The van der Waals surface area contributed by atoms with Gasteiger partial charge in [0.25, 0.3) is 0 Å². The van der Waals surface area contributed by atoms with E-state index in [1.165, 1.54) is 30.2 Å². The van der Waals surface area contributed by atoms with Gasteiger partial charge in [-0.05, 0) is 42.9 Å². The lowest BCUT2D eigenvalue weighted by Crippen LogP contribution is -2.02. The molecular formula is C14H13NO3. The van der Waals surface area contributed by atoms with Crippen molar-refractivity contribution in [2.75, 3.05) is 0 Å². The van der Waals surface area contributed by atoms with E-state index in [-0.39, 0.29) is 5.89 Å². The van der Waals surface area contributed by atoms with Crippen molar-refractivity contribution in [1.82, 2.24) is 4.98 Å². The maximum absolute atomic E-state index is 10.7. The van der Waals surface area contributed by atoms with Gasteiger partial charge in [-0.15, -0.1) is 0 Å². The van der Waals surface area contributed by atoms with Crippen molar-refractivity contribution < 1.29 is 14.3 Å². The Morgan fingerprint density at radius 1 is 1.22 bits per heavy atom. The Kier molecular flexibility index (Phi) is 2.63. The number of carboxylic acid groups (broad SMARTS) is 1. The van der Waals surface area contributed by atoms with E-state index in [0.717, 1.165) is 18.4 Å². The van der Waals surface area contributed by atoms with Gasteiger partial charge in [-0.1, -0.05) is 12.1 Å². The third-order valence-electron chi connectivity index (χ3n) is 3.32. The normalized spacial score (nSPS) is 14.2. The Labute approximate surface area is 104 Å². The molecule has 1 aromatic heterocycles. The van der Waals surface area contributed by atoms with Crippen LogP contribution in [0.25, 0.3) is 11.3 Å². The van der Waals surface area contributed by atoms with Gasteiger partial charge in [0.05, 0.1) is 6.20 Å². The van der Waals surface area contributed by atoms with Gasteiger partial charge < -0.3 is 9.52 Å². The van der Waals surface area contributed by atoms with Crippen molar-refractivity contribution in [3.05, 3.63) is 41.4 Å². The Balaban J connectivity index is 1.98. The van der Waals surface area contributed by atoms with E-state index in [0.29, 0.717) is 5.76 Å². The molecule has 18 heavy (non-hydrogen) atoms. The van der Waals surface area contributed by atoms with Crippen molar-refractivity contribution in [3.8, 4) is 11.3 Å². The first-order chi connectivity index (χ1) is 8.74. The largest absolute Gasteiger partial charge is 0.474 e. The number of aryl methyl sites for hydroxylation is 2. The van der Waals surface area contributed by atoms with Crippen LogP contribution in [0, 0.1) is 0 Å². The molecule has 0 unspecified atom stereocenters. The summed E-state index contributed by atoms with van der Waals surface area (Å²) >= 11 is 0. The van der Waals surface area contributed by atoms with Gasteiger partial charge >= 0.3 is 11.9 Å². The Morgan fingerprint density at radius 2 is 2.00 bits per heavy atom. The molecule has 0 saturated heterocycles. The summed E-state index contributed by atoms with van der Waals surface area (Å²) < 4.78 is 5.21. The van der Waals surface area contributed by atoms with E-state index in [2.05, 4.69) is 17.1 Å². The van der Waals surface area contributed by atoms with Gasteiger partial charge in [-0.25, -0.2) is 9.78 Å². The number of carbonyl (C=O) groups is 1. The first-order valence-corrected chi connectivity index (χ1v) is 6.05. The summed E-state index contributed by atoms with van der Waals surface area (Å²) in [5.74, 6) is -0.886. The minimum atomic E-state index is -1.14. The molecule has 1 aliphatic rings. The second-order valence-corrected chi connectivity index (χ2v) is 4.53. The van der Waals surface area contributed by atoms with Crippen LogP contribution in [-0.4, -0.2) is 16.1 Å². The van der Waals surface area contributed by atoms with E-state index >= 15 is 0 Å². The minimum Gasteiger partial charge on any atom is -0.474 e. The van der Waals surface area contributed by atoms with E-state index in [1.807, 2.05) is 6.07 Å². The van der Waals surface area contributed by atoms with Crippen LogP contribution in [0.5, 0.6) is 0 Å². The van der Waals surface area contributed by atoms with Gasteiger partial charge in [-0.3, -0.25) is 0 Å². The third-order valence-corrected chi connectivity index (χ3v) is 3.32. The van der Waals surface area contributed by atoms with E-state index < -0.39 is 5.97 Å². The number of hydrogen-bond donors (Lipinski definition) is 1. The smallest absolute Gasteiger partial charge is 0.392 e. The highest BCUT2D eigenvalue weighted by molar-refractivity contribution is 5.82. The zero-order valence-electron chi connectivity index (χ0n) is 9.85. The summed E-state index contributed by atoms with van der Waals surface area (Å²) in [4.78, 5) is 14.5. The molecule has 0 fully saturated rings. The topological polar surface area (TPSA) is 63.3 Å². The number of rotatable bonds is 2. The predicted octanol–water partition coefficient (Wildman–Crippen LogP) is 2.92. The molecule has 1 aliphatic carbocycles. The van der Waals surface area contributed by atoms with E-state index in [9.17, 15) is 4.79 Å². The van der Waals surface area contributed by atoms with Gasteiger partial charge in [0.15, 0.2) is 5.76 Å². The highest BCUT2D eigenvalue weighted by atomic mass is 16.4. The zero-order valence-corrected chi connectivity index (χ0v) is 9.85. The van der Waals surface area contributed by atoms with Crippen LogP contribution < -0.4 is 0 Å². The highest BCUT2D eigenvalue weighted by Crippen LogP contribution is 2.27. The van der Waals surface area contributed by atoms with Gasteiger partial charge in [0, 0.05) is 5.56 Å². The molecule has 0 amide bonds. The number of benzene rings is 1. The number of oxazole rings is 1. The fourth-order valence-corrected chi connectivity index (χ4v) is 2.39. The summed E-state index contributed by atoms with van der Waals surface area (Å²) in [7, 11) is 0. The summed E-state index contributed by atoms with van der Waals surface area (Å²) in [6.07, 6.45) is 6.15. The number of aromatic nitrogens is 1. The van der Waals surface area contributed by atoms with Gasteiger partial charge in [0.2, 0.25) is 0 Å². The molecule has 0 radical (unpaired) electrons. The molecule has 0 atom stereocenters. The summed E-state index contributed by atoms with van der Waals surface area (Å²) in [6.45, 7) is 0. The van der Waals surface area contributed by atoms with Crippen LogP contribution >= 0.6 is 0 Å². The lowest BCUT2D eigenvalue weighted by atomic mass is 9.90. The van der Waals surface area contributed by atoms with E-state index in [4.69, 9.17) is 9.52 Å². The van der Waals surface area contributed by atoms with Crippen molar-refractivity contribution in [1.29, 1.82) is 0 Å². The quantitative estimate of drug-likeness (QED) is 0.880. The minimum absolute atomic E-state index is 0.261. The molecule has 1 aromatic carbocycles. The monoisotopic (exact) mass is 243 g/mol. The molecule has 4 nitrogen and oxygen atoms in total. The van der Waals surface area contributed by atoms with Crippen molar-refractivity contribution in [3.63, 3.8) is 0 Å². The second kappa shape index (κ2) is 4.29. The van der Waals surface area contributed by atoms with Crippen LogP contribution in [0.2, 0.25) is 0 Å². The Hall–Kier alpha value is -2.10. The SMILES string of the molecule is O=C(O)c1ncc(-c2ccc3c(c2)CCCC3)o1. The number of nitrogens with zero attached hydrogens (tertiary/aromatic N) is 1. The van der Waals surface area contributed by atoms with Gasteiger partial charge in [-0.2, -0.15) is 0 Å². The number of hydrogen-bond acceptors (Lipinski definition) is 3. The predicted molar refractivity (Wildman–Crippen MR) is 65.5 cm³/mol. The van der Waals surface area contributed by atoms with E-state index in [1.54, 1.807) is 0 Å². The lowest BCUT2D eigenvalue weighted by Gasteiger charge is -2.15. The van der Waals surface area contributed by atoms with Crippen molar-refractivity contribution >= 4 is 5.97 Å². The van der Waals surface area contributed by atoms with Crippen molar-refractivity contribution in [2.24, 2.45) is 0 Å². The molecule has 1 N–H and O–H groups in total. The maximum Gasteiger partial charge on any atom is 0.392 e. The number of aromatic carboxylic acids is 1. The average molecular weight is 243 g/mol. The molecular weight excluding hydrogens is 230 g/mol. The van der Waals surface area contributed by atoms with Crippen LogP contribution in [-0.2, 0) is 12.8 Å². The first kappa shape index (κ1) is 11.0. The Morgan fingerprint density at radius 3 is 2.72 bits per heavy atom. The molecule has 0 spiro atoms. The first-order valence-electron chi connectivity index (χ1n) is 6.05. The van der Waals surface area contributed by atoms with Crippen LogP contribution in [0.4, 0.5) is 0 Å². The average Bonchev–Trinajstić information content (AvgIpc) is 2.88. The third kappa shape index (κ3) is 1.90. The van der Waals surface area contributed by atoms with Gasteiger partial charge in [0.1, 0.15) is 0 Å². The maximum atomic E-state index is 10.7. The number of fused-ring (bicyclic) bond motifs is 1. The fourth-order valence-electron chi connectivity index (χ4n) is 2.39. The van der Waals surface area contributed by atoms with Crippen LogP contribution in [0.1, 0.15) is 34.7 Å². The lowest BCUT2D eigenvalue weighted by molar-refractivity contribution is 0.0654. The molecule has 3 rings (SSSR count). The zero-order chi connectivity index (χ0) is 12.5. The summed E-state index contributed by atoms with van der Waals surface area (Å²) in [5.41, 5.74) is 3.63. The molecule has 0 bridgehead atoms.